The van der Waals surface area contributed by atoms with Gasteiger partial charge in [0.2, 0.25) is 17.7 Å². The van der Waals surface area contributed by atoms with Gasteiger partial charge in [0.25, 0.3) is 0 Å². The Bertz CT molecular complexity index is 1090. The van der Waals surface area contributed by atoms with Gasteiger partial charge in [0.1, 0.15) is 11.8 Å². The number of carbonyl (C=O) groups excluding carboxylic acids is 3. The highest BCUT2D eigenvalue weighted by atomic mass is 19.3. The molecule has 220 valence electrons. The maximum atomic E-state index is 13.1. The summed E-state index contributed by atoms with van der Waals surface area (Å²) in [5.41, 5.74) is 18.0. The summed E-state index contributed by atoms with van der Waals surface area (Å²) in [6.45, 7) is 0.902. The van der Waals surface area contributed by atoms with Gasteiger partial charge in [0.15, 0.2) is 0 Å². The fourth-order valence-corrected chi connectivity index (χ4v) is 3.62. The third-order valence-electron chi connectivity index (χ3n) is 5.71. The molecule has 0 saturated carbocycles. The zero-order chi connectivity index (χ0) is 29.7. The molecule has 2 aromatic carbocycles. The molecular formula is C26H34F4N6O4. The van der Waals surface area contributed by atoms with Crippen LogP contribution in [0.4, 0.5) is 23.2 Å². The van der Waals surface area contributed by atoms with Crippen molar-refractivity contribution in [1.29, 1.82) is 0 Å². The van der Waals surface area contributed by atoms with Gasteiger partial charge >= 0.3 is 12.5 Å². The summed E-state index contributed by atoms with van der Waals surface area (Å²) in [4.78, 5) is 39.9. The van der Waals surface area contributed by atoms with Gasteiger partial charge < -0.3 is 37.5 Å². The Kier molecular flexibility index (Phi) is 12.8. The lowest BCUT2D eigenvalue weighted by Crippen LogP contribution is -2.52. The Labute approximate surface area is 229 Å². The van der Waals surface area contributed by atoms with Gasteiger partial charge in [-0.05, 0) is 42.7 Å². The van der Waals surface area contributed by atoms with E-state index in [-0.39, 0.29) is 44.7 Å². The molecule has 2 unspecified atom stereocenters. The second-order valence-corrected chi connectivity index (χ2v) is 8.83. The lowest BCUT2D eigenvalue weighted by Gasteiger charge is -2.24. The number of aryl methyl sites for hydroxylation is 1. The van der Waals surface area contributed by atoms with Crippen molar-refractivity contribution in [2.45, 2.75) is 43.9 Å². The van der Waals surface area contributed by atoms with Gasteiger partial charge in [-0.15, -0.1) is 0 Å². The molecule has 0 heterocycles. The number of carbonyl (C=O) groups is 3. The predicted molar refractivity (Wildman–Crippen MR) is 141 cm³/mol. The van der Waals surface area contributed by atoms with Crippen LogP contribution in [0, 0.1) is 0 Å². The Morgan fingerprint density at radius 1 is 0.925 bits per heavy atom. The first kappa shape index (κ1) is 32.5. The molecule has 10 nitrogen and oxygen atoms in total. The molecule has 0 fully saturated rings. The van der Waals surface area contributed by atoms with Crippen molar-refractivity contribution in [3.8, 4) is 5.75 Å². The van der Waals surface area contributed by atoms with Crippen molar-refractivity contribution in [2.75, 3.05) is 31.5 Å². The van der Waals surface area contributed by atoms with Gasteiger partial charge in [-0.1, -0.05) is 30.3 Å². The van der Waals surface area contributed by atoms with Crippen LogP contribution >= 0.6 is 0 Å². The number of hydrogen-bond donors (Lipinski definition) is 5. The first-order valence-electron chi connectivity index (χ1n) is 12.5. The van der Waals surface area contributed by atoms with Crippen molar-refractivity contribution in [3.63, 3.8) is 0 Å². The molecule has 2 aromatic rings. The third kappa shape index (κ3) is 10.4. The number of nitrogens with one attached hydrogen (secondary N) is 2. The summed E-state index contributed by atoms with van der Waals surface area (Å²) in [5, 5.41) is 5.11. The van der Waals surface area contributed by atoms with E-state index in [9.17, 15) is 31.9 Å². The van der Waals surface area contributed by atoms with Crippen LogP contribution in [0.2, 0.25) is 0 Å². The van der Waals surface area contributed by atoms with Crippen LogP contribution in [-0.2, 0) is 20.8 Å². The fourth-order valence-electron chi connectivity index (χ4n) is 3.62. The number of nitrogens with two attached hydrogens (primary N) is 3. The average molecular weight is 571 g/mol. The van der Waals surface area contributed by atoms with Crippen molar-refractivity contribution < 1.29 is 36.7 Å². The number of hydrogen-bond acceptors (Lipinski definition) is 7. The van der Waals surface area contributed by atoms with Crippen LogP contribution in [0.15, 0.2) is 54.6 Å². The Morgan fingerprint density at radius 2 is 1.52 bits per heavy atom. The molecule has 0 aromatic heterocycles. The number of rotatable bonds is 16. The zero-order valence-corrected chi connectivity index (χ0v) is 21.7. The summed E-state index contributed by atoms with van der Waals surface area (Å²) >= 11 is 0. The normalized spacial score (nSPS) is 12.9. The van der Waals surface area contributed by atoms with E-state index in [0.29, 0.717) is 6.42 Å². The molecule has 0 spiro atoms. The number of halogens is 4. The van der Waals surface area contributed by atoms with Gasteiger partial charge in [0.05, 0.1) is 12.5 Å². The van der Waals surface area contributed by atoms with Gasteiger partial charge in [-0.3, -0.25) is 14.4 Å². The van der Waals surface area contributed by atoms with Gasteiger partial charge in [-0.25, -0.2) is 0 Å². The SMILES string of the molecule is NCCN(CCN)C(=O)CC(N)C(=O)NC(CCc1ccccc1)C(=O)Nc1ccc(OC(F)(F)C(F)F)cc1. The number of nitrogens with zero attached hydrogens (tertiary/aromatic N) is 1. The summed E-state index contributed by atoms with van der Waals surface area (Å²) in [5.74, 6) is -2.34. The minimum absolute atomic E-state index is 0.135. The first-order chi connectivity index (χ1) is 19.0. The molecule has 0 radical (unpaired) electrons. The summed E-state index contributed by atoms with van der Waals surface area (Å²) in [6.07, 6.45) is -8.46. The van der Waals surface area contributed by atoms with E-state index in [2.05, 4.69) is 15.4 Å². The van der Waals surface area contributed by atoms with E-state index in [0.717, 1.165) is 17.7 Å². The van der Waals surface area contributed by atoms with Crippen LogP contribution in [0.5, 0.6) is 5.75 Å². The van der Waals surface area contributed by atoms with Crippen LogP contribution < -0.4 is 32.6 Å². The van der Waals surface area contributed by atoms with E-state index < -0.39 is 48.1 Å². The molecule has 40 heavy (non-hydrogen) atoms. The lowest BCUT2D eigenvalue weighted by molar-refractivity contribution is -0.253. The van der Waals surface area contributed by atoms with E-state index in [1.54, 1.807) is 0 Å². The molecule has 0 saturated heterocycles. The van der Waals surface area contributed by atoms with E-state index in [4.69, 9.17) is 17.2 Å². The molecule has 14 heteroatoms. The largest absolute Gasteiger partial charge is 0.461 e. The average Bonchev–Trinajstić information content (AvgIpc) is 2.92. The highest BCUT2D eigenvalue weighted by Gasteiger charge is 2.44. The molecule has 0 aliphatic heterocycles. The summed E-state index contributed by atoms with van der Waals surface area (Å²) in [6, 6.07) is 11.1. The lowest BCUT2D eigenvalue weighted by atomic mass is 10.0. The fraction of sp³-hybridized carbons (Fsp3) is 0.423. The standard InChI is InChI=1S/C26H34F4N6O4/c27-25(28)26(29,30)40-19-9-7-18(8-10-19)34-24(39)21(11-6-17-4-2-1-3-5-17)35-23(38)20(33)16-22(37)36(14-12-31)15-13-32/h1-5,7-10,20-21,25H,6,11-16,31-33H2,(H,34,39)(H,35,38). The predicted octanol–water partition coefficient (Wildman–Crippen LogP) is 1.44. The van der Waals surface area contributed by atoms with Crippen LogP contribution in [0.3, 0.4) is 0 Å². The first-order valence-corrected chi connectivity index (χ1v) is 12.5. The minimum Gasteiger partial charge on any atom is -0.428 e. The molecule has 0 aliphatic carbocycles. The third-order valence-corrected chi connectivity index (χ3v) is 5.71. The number of benzene rings is 2. The maximum absolute atomic E-state index is 13.1. The molecular weight excluding hydrogens is 536 g/mol. The van der Waals surface area contributed by atoms with E-state index in [1.165, 1.54) is 17.0 Å². The van der Waals surface area contributed by atoms with Gasteiger partial charge in [0, 0.05) is 31.9 Å². The van der Waals surface area contributed by atoms with Crippen LogP contribution in [0.25, 0.3) is 0 Å². The number of anilines is 1. The smallest absolute Gasteiger partial charge is 0.428 e. The number of alkyl halides is 4. The molecule has 2 atom stereocenters. The van der Waals surface area contributed by atoms with E-state index in [1.807, 2.05) is 30.3 Å². The molecule has 0 bridgehead atoms. The monoisotopic (exact) mass is 570 g/mol. The minimum atomic E-state index is -4.68. The van der Waals surface area contributed by atoms with Crippen molar-refractivity contribution in [3.05, 3.63) is 60.2 Å². The quantitative estimate of drug-likeness (QED) is 0.191. The molecule has 3 amide bonds. The van der Waals surface area contributed by atoms with Crippen molar-refractivity contribution in [1.82, 2.24) is 10.2 Å². The van der Waals surface area contributed by atoms with E-state index >= 15 is 0 Å². The van der Waals surface area contributed by atoms with Crippen molar-refractivity contribution >= 4 is 23.4 Å². The van der Waals surface area contributed by atoms with Crippen LogP contribution in [0.1, 0.15) is 18.4 Å². The second-order valence-electron chi connectivity index (χ2n) is 8.83. The topological polar surface area (TPSA) is 166 Å². The van der Waals surface area contributed by atoms with Gasteiger partial charge in [-0.2, -0.15) is 17.6 Å². The summed E-state index contributed by atoms with van der Waals surface area (Å²) < 4.78 is 55.0. The highest BCUT2D eigenvalue weighted by molar-refractivity contribution is 5.98. The molecule has 2 rings (SSSR count). The highest BCUT2D eigenvalue weighted by Crippen LogP contribution is 2.28. The zero-order valence-electron chi connectivity index (χ0n) is 21.7. The Hall–Kier alpha value is -3.75. The molecule has 8 N–H and O–H groups in total. The summed E-state index contributed by atoms with van der Waals surface area (Å²) in [7, 11) is 0. The number of ether oxygens (including phenoxy) is 1. The number of amides is 3. The Morgan fingerprint density at radius 3 is 2.08 bits per heavy atom. The second kappa shape index (κ2) is 15.7. The molecule has 0 aliphatic rings. The Balaban J connectivity index is 2.10. The van der Waals surface area contributed by atoms with Crippen molar-refractivity contribution in [2.24, 2.45) is 17.2 Å². The maximum Gasteiger partial charge on any atom is 0.461 e. The van der Waals surface area contributed by atoms with Crippen LogP contribution in [-0.4, -0.2) is 73.4 Å².